The highest BCUT2D eigenvalue weighted by atomic mass is 15.1. The predicted octanol–water partition coefficient (Wildman–Crippen LogP) is 0.936. The molecular weight excluding hydrogens is 124 g/mol. The number of piperidine rings is 1. The van der Waals surface area contributed by atoms with Gasteiger partial charge in [0.1, 0.15) is 0 Å². The number of likely N-dealkylation sites (N-methyl/N-ethyl adjacent to an activating group) is 2. The molecule has 1 rings (SSSR count). The predicted molar refractivity (Wildman–Crippen MR) is 46.3 cm³/mol. The maximum Gasteiger partial charge on any atom is 0.0192 e. The second-order valence-electron chi connectivity index (χ2n) is 3.02. The lowest BCUT2D eigenvalue weighted by Crippen LogP contribution is -2.44. The molecule has 1 atom stereocenters. The van der Waals surface area contributed by atoms with Crippen LogP contribution in [0, 0.1) is 0 Å². The summed E-state index contributed by atoms with van der Waals surface area (Å²) in [5.74, 6) is 0. The van der Waals surface area contributed by atoms with Gasteiger partial charge in [-0.05, 0) is 33.0 Å². The van der Waals surface area contributed by atoms with Gasteiger partial charge in [-0.3, -0.25) is 0 Å². The van der Waals surface area contributed by atoms with Gasteiger partial charge < -0.3 is 10.2 Å². The van der Waals surface area contributed by atoms with E-state index < -0.39 is 0 Å². The van der Waals surface area contributed by atoms with Gasteiger partial charge in [-0.25, -0.2) is 0 Å². The summed E-state index contributed by atoms with van der Waals surface area (Å²) in [4.78, 5) is 2.50. The zero-order chi connectivity index (χ0) is 7.40. The van der Waals surface area contributed by atoms with Crippen LogP contribution in [0.15, 0.2) is 0 Å². The van der Waals surface area contributed by atoms with Crippen molar-refractivity contribution in [2.75, 3.05) is 26.7 Å². The van der Waals surface area contributed by atoms with Crippen LogP contribution in [0.1, 0.15) is 21.2 Å². The van der Waals surface area contributed by atoms with Gasteiger partial charge >= 0.3 is 0 Å². The lowest BCUT2D eigenvalue weighted by Gasteiger charge is -2.31. The molecule has 0 radical (unpaired) electrons. The Morgan fingerprint density at radius 3 is 3.10 bits per heavy atom. The van der Waals surface area contributed by atoms with Crippen LogP contribution in [0.25, 0.3) is 0 Å². The first-order chi connectivity index (χ1) is 4.86. The van der Waals surface area contributed by atoms with Crippen LogP contribution in [-0.4, -0.2) is 37.6 Å². The topological polar surface area (TPSA) is 15.3 Å². The zero-order valence-electron chi connectivity index (χ0n) is 7.06. The van der Waals surface area contributed by atoms with E-state index in [9.17, 15) is 0 Å². The van der Waals surface area contributed by atoms with E-state index in [-0.39, 0.29) is 1.43 Å². The van der Waals surface area contributed by atoms with Crippen molar-refractivity contribution in [1.82, 2.24) is 10.2 Å². The third-order valence-electron chi connectivity index (χ3n) is 2.36. The Bertz CT molecular complexity index is 88.1. The van der Waals surface area contributed by atoms with E-state index in [0.717, 1.165) is 6.04 Å². The SMILES string of the molecule is CCN1CCC[C@H](NC)C1.[HH]. The Balaban J connectivity index is 0.000001000. The van der Waals surface area contributed by atoms with Gasteiger partial charge in [0.2, 0.25) is 0 Å². The summed E-state index contributed by atoms with van der Waals surface area (Å²) in [5, 5.41) is 3.33. The van der Waals surface area contributed by atoms with Crippen LogP contribution >= 0.6 is 0 Å². The zero-order valence-corrected chi connectivity index (χ0v) is 7.06. The number of nitrogens with zero attached hydrogens (tertiary/aromatic N) is 1. The summed E-state index contributed by atoms with van der Waals surface area (Å²) in [5.41, 5.74) is 0. The maximum absolute atomic E-state index is 3.33. The first kappa shape index (κ1) is 8.02. The van der Waals surface area contributed by atoms with Crippen LogP contribution in [0.4, 0.5) is 0 Å². The second kappa shape index (κ2) is 3.94. The Kier molecular flexibility index (Phi) is 3.16. The van der Waals surface area contributed by atoms with Gasteiger partial charge in [0, 0.05) is 14.0 Å². The Hall–Kier alpha value is -0.0800. The maximum atomic E-state index is 3.33. The molecule has 1 N–H and O–H groups in total. The number of hydrogen-bond donors (Lipinski definition) is 1. The number of nitrogens with one attached hydrogen (secondary N) is 1. The summed E-state index contributed by atoms with van der Waals surface area (Å²) >= 11 is 0. The third kappa shape index (κ3) is 1.96. The molecule has 0 amide bonds. The number of rotatable bonds is 2. The molecule has 1 saturated heterocycles. The van der Waals surface area contributed by atoms with Crippen molar-refractivity contribution in [1.29, 1.82) is 0 Å². The minimum atomic E-state index is 0. The summed E-state index contributed by atoms with van der Waals surface area (Å²) in [6, 6.07) is 0.744. The fourth-order valence-corrected chi connectivity index (χ4v) is 1.58. The number of hydrogen-bond acceptors (Lipinski definition) is 2. The van der Waals surface area contributed by atoms with E-state index in [0.29, 0.717) is 0 Å². The van der Waals surface area contributed by atoms with E-state index >= 15 is 0 Å². The number of likely N-dealkylation sites (tertiary alicyclic amines) is 1. The van der Waals surface area contributed by atoms with Gasteiger partial charge in [-0.1, -0.05) is 6.92 Å². The Labute approximate surface area is 65.1 Å². The first-order valence-electron chi connectivity index (χ1n) is 4.26. The van der Waals surface area contributed by atoms with Crippen molar-refractivity contribution in [2.45, 2.75) is 25.8 Å². The van der Waals surface area contributed by atoms with Crippen molar-refractivity contribution in [2.24, 2.45) is 0 Å². The standard InChI is InChI=1S/C8H18N2.H2/c1-3-10-6-4-5-8(7-10)9-2;/h8-9H,3-7H2,1-2H3;1H/t8-;/m0./s1. The highest BCUT2D eigenvalue weighted by Gasteiger charge is 2.15. The highest BCUT2D eigenvalue weighted by Crippen LogP contribution is 2.08. The van der Waals surface area contributed by atoms with Gasteiger partial charge in [0.05, 0.1) is 0 Å². The first-order valence-corrected chi connectivity index (χ1v) is 4.26. The molecule has 1 aliphatic heterocycles. The molecule has 0 aromatic rings. The minimum absolute atomic E-state index is 0. The molecule has 0 aromatic heterocycles. The molecule has 0 spiro atoms. The Morgan fingerprint density at radius 1 is 1.70 bits per heavy atom. The Morgan fingerprint density at radius 2 is 2.50 bits per heavy atom. The smallest absolute Gasteiger partial charge is 0.0192 e. The average molecular weight is 144 g/mol. The van der Waals surface area contributed by atoms with Gasteiger partial charge in [0.15, 0.2) is 0 Å². The van der Waals surface area contributed by atoms with Crippen molar-refractivity contribution in [3.8, 4) is 0 Å². The summed E-state index contributed by atoms with van der Waals surface area (Å²) in [6.45, 7) is 5.98. The van der Waals surface area contributed by atoms with Gasteiger partial charge in [-0.2, -0.15) is 0 Å². The average Bonchev–Trinajstić information content (AvgIpc) is 2.05. The molecule has 1 heterocycles. The second-order valence-corrected chi connectivity index (χ2v) is 3.02. The molecule has 1 aliphatic rings. The van der Waals surface area contributed by atoms with Crippen molar-refractivity contribution in [3.63, 3.8) is 0 Å². The molecule has 1 fully saturated rings. The molecule has 0 aliphatic carbocycles. The highest BCUT2D eigenvalue weighted by molar-refractivity contribution is 4.75. The van der Waals surface area contributed by atoms with E-state index in [4.69, 9.17) is 0 Å². The lowest BCUT2D eigenvalue weighted by molar-refractivity contribution is 0.204. The van der Waals surface area contributed by atoms with Crippen molar-refractivity contribution >= 4 is 0 Å². The fourth-order valence-electron chi connectivity index (χ4n) is 1.58. The van der Waals surface area contributed by atoms with Crippen molar-refractivity contribution < 1.29 is 1.43 Å². The van der Waals surface area contributed by atoms with E-state index in [1.165, 1.54) is 32.5 Å². The van der Waals surface area contributed by atoms with Crippen LogP contribution in [0.5, 0.6) is 0 Å². The minimum Gasteiger partial charge on any atom is -0.316 e. The van der Waals surface area contributed by atoms with Crippen LogP contribution in [0.2, 0.25) is 0 Å². The van der Waals surface area contributed by atoms with Crippen LogP contribution in [0.3, 0.4) is 0 Å². The molecule has 0 bridgehead atoms. The summed E-state index contributed by atoms with van der Waals surface area (Å²) in [7, 11) is 2.06. The monoisotopic (exact) mass is 144 g/mol. The third-order valence-corrected chi connectivity index (χ3v) is 2.36. The molecule has 0 aromatic carbocycles. The van der Waals surface area contributed by atoms with Gasteiger partial charge in [0.25, 0.3) is 0 Å². The molecule has 10 heavy (non-hydrogen) atoms. The molecule has 62 valence electrons. The summed E-state index contributed by atoms with van der Waals surface area (Å²) in [6.07, 6.45) is 2.71. The van der Waals surface area contributed by atoms with E-state index in [1.54, 1.807) is 0 Å². The van der Waals surface area contributed by atoms with Gasteiger partial charge in [-0.15, -0.1) is 0 Å². The normalized spacial score (nSPS) is 28.8. The molecule has 0 unspecified atom stereocenters. The molecule has 2 nitrogen and oxygen atoms in total. The van der Waals surface area contributed by atoms with Crippen molar-refractivity contribution in [3.05, 3.63) is 0 Å². The largest absolute Gasteiger partial charge is 0.316 e. The molecule has 0 saturated carbocycles. The molecule has 2 heteroatoms. The van der Waals surface area contributed by atoms with E-state index in [1.807, 2.05) is 0 Å². The van der Waals surface area contributed by atoms with E-state index in [2.05, 4.69) is 24.2 Å². The lowest BCUT2D eigenvalue weighted by atomic mass is 10.1. The quantitative estimate of drug-likeness (QED) is 0.620. The van der Waals surface area contributed by atoms with Crippen LogP contribution < -0.4 is 5.32 Å². The van der Waals surface area contributed by atoms with Crippen LogP contribution in [-0.2, 0) is 0 Å². The fraction of sp³-hybridized carbons (Fsp3) is 1.00. The molecular formula is C8H20N2. The summed E-state index contributed by atoms with van der Waals surface area (Å²) < 4.78 is 0.